The first-order valence-electron chi connectivity index (χ1n) is 5.45. The van der Waals surface area contributed by atoms with Crippen LogP contribution in [0.3, 0.4) is 0 Å². The SMILES string of the molecule is CCCC[N+]1(I)c2nccnc2N(I)C1C. The lowest BCUT2D eigenvalue weighted by Crippen LogP contribution is -2.48. The molecule has 0 fully saturated rings. The van der Waals surface area contributed by atoms with Gasteiger partial charge in [0.05, 0.1) is 35.6 Å². The molecule has 88 valence electrons. The van der Waals surface area contributed by atoms with Crippen molar-refractivity contribution in [1.29, 1.82) is 0 Å². The monoisotopic (exact) mass is 445 g/mol. The summed E-state index contributed by atoms with van der Waals surface area (Å²) < 4.78 is 3.04. The molecule has 0 spiro atoms. The summed E-state index contributed by atoms with van der Waals surface area (Å²) in [5.41, 5.74) is 0. The predicted octanol–water partition coefficient (Wildman–Crippen LogP) is 3.45. The quantitative estimate of drug-likeness (QED) is 0.528. The van der Waals surface area contributed by atoms with Gasteiger partial charge in [-0.3, -0.25) is 0 Å². The van der Waals surface area contributed by atoms with Crippen LogP contribution in [0.1, 0.15) is 26.7 Å². The summed E-state index contributed by atoms with van der Waals surface area (Å²) in [6.07, 6.45) is 6.38. The average Bonchev–Trinajstić information content (AvgIpc) is 2.51. The highest BCUT2D eigenvalue weighted by Crippen LogP contribution is 2.47. The maximum atomic E-state index is 4.52. The van der Waals surface area contributed by atoms with Crippen LogP contribution in [0.5, 0.6) is 0 Å². The van der Waals surface area contributed by atoms with Gasteiger partial charge in [0.1, 0.15) is 0 Å². The third kappa shape index (κ3) is 1.92. The second-order valence-electron chi connectivity index (χ2n) is 4.00. The van der Waals surface area contributed by atoms with E-state index in [-0.39, 0.29) is 0 Å². The van der Waals surface area contributed by atoms with Crippen LogP contribution < -0.4 is 5.81 Å². The molecule has 0 saturated carbocycles. The molecule has 0 bridgehead atoms. The molecule has 2 unspecified atom stereocenters. The minimum Gasteiger partial charge on any atom is -0.239 e. The Morgan fingerprint density at radius 1 is 1.44 bits per heavy atom. The van der Waals surface area contributed by atoms with Gasteiger partial charge in [0.2, 0.25) is 5.82 Å². The van der Waals surface area contributed by atoms with Crippen LogP contribution in [0.4, 0.5) is 11.6 Å². The van der Waals surface area contributed by atoms with Gasteiger partial charge in [0, 0.05) is 13.1 Å². The predicted molar refractivity (Wildman–Crippen MR) is 83.6 cm³/mol. The van der Waals surface area contributed by atoms with Gasteiger partial charge in [-0.15, -0.1) is 0 Å². The van der Waals surface area contributed by atoms with Crippen LogP contribution in [0.2, 0.25) is 0 Å². The average molecular weight is 445 g/mol. The number of rotatable bonds is 3. The van der Waals surface area contributed by atoms with Crippen LogP contribution in [0, 0.1) is 0 Å². The van der Waals surface area contributed by atoms with Crippen LogP contribution >= 0.6 is 45.7 Å². The van der Waals surface area contributed by atoms with Crippen LogP contribution in [0.25, 0.3) is 0 Å². The highest BCUT2D eigenvalue weighted by Gasteiger charge is 2.49. The van der Waals surface area contributed by atoms with Gasteiger partial charge < -0.3 is 0 Å². The number of nitrogens with zero attached hydrogens (tertiary/aromatic N) is 4. The summed E-state index contributed by atoms with van der Waals surface area (Å²) in [6, 6.07) is 0. The Kier molecular flexibility index (Phi) is 3.89. The molecule has 1 aromatic rings. The maximum Gasteiger partial charge on any atom is 0.281 e. The number of aromatic nitrogens is 2. The van der Waals surface area contributed by atoms with Crippen LogP contribution in [-0.4, -0.2) is 22.7 Å². The zero-order chi connectivity index (χ0) is 11.8. The van der Waals surface area contributed by atoms with Crippen molar-refractivity contribution in [2.24, 2.45) is 0 Å². The number of hydrogen-bond acceptors (Lipinski definition) is 3. The van der Waals surface area contributed by atoms with Gasteiger partial charge in [-0.2, -0.15) is 7.68 Å². The van der Waals surface area contributed by atoms with Gasteiger partial charge >= 0.3 is 0 Å². The van der Waals surface area contributed by atoms with Crippen molar-refractivity contribution in [3.05, 3.63) is 12.4 Å². The lowest BCUT2D eigenvalue weighted by Gasteiger charge is -2.29. The van der Waals surface area contributed by atoms with Crippen molar-refractivity contribution in [2.45, 2.75) is 32.9 Å². The van der Waals surface area contributed by atoms with Gasteiger partial charge in [-0.25, -0.2) is 8.10 Å². The summed E-state index contributed by atoms with van der Waals surface area (Å²) in [6.45, 7) is 5.57. The summed E-state index contributed by atoms with van der Waals surface area (Å²) in [4.78, 5) is 8.95. The third-order valence-electron chi connectivity index (χ3n) is 2.97. The molecule has 2 atom stereocenters. The summed E-state index contributed by atoms with van der Waals surface area (Å²) in [7, 11) is 0. The van der Waals surface area contributed by atoms with E-state index in [0.717, 1.165) is 20.9 Å². The lowest BCUT2D eigenvalue weighted by atomic mass is 10.3. The highest BCUT2D eigenvalue weighted by molar-refractivity contribution is 14.1. The van der Waals surface area contributed by atoms with Crippen LogP contribution in [0.15, 0.2) is 12.4 Å². The van der Waals surface area contributed by atoms with E-state index in [9.17, 15) is 0 Å². The van der Waals surface area contributed by atoms with E-state index < -0.39 is 0 Å². The summed E-state index contributed by atoms with van der Waals surface area (Å²) >= 11 is 4.85. The molecule has 2 rings (SSSR count). The third-order valence-corrected chi connectivity index (χ3v) is 5.98. The first-order chi connectivity index (χ1) is 7.61. The van der Waals surface area contributed by atoms with E-state index >= 15 is 0 Å². The smallest absolute Gasteiger partial charge is 0.239 e. The first-order valence-corrected chi connectivity index (χ1v) is 7.38. The van der Waals surface area contributed by atoms with Crippen molar-refractivity contribution < 1.29 is 0 Å². The molecule has 0 saturated heterocycles. The van der Waals surface area contributed by atoms with Crippen molar-refractivity contribution >= 4 is 57.4 Å². The number of halogens is 2. The topological polar surface area (TPSA) is 29.0 Å². The molecule has 0 amide bonds. The van der Waals surface area contributed by atoms with Gasteiger partial charge in [0.15, 0.2) is 6.17 Å². The molecular weight excluding hydrogens is 430 g/mol. The summed E-state index contributed by atoms with van der Waals surface area (Å²) in [5, 5.41) is 0. The number of hydrogen-bond donors (Lipinski definition) is 0. The Morgan fingerprint density at radius 2 is 2.12 bits per heavy atom. The molecule has 1 aromatic heterocycles. The van der Waals surface area contributed by atoms with E-state index in [4.69, 9.17) is 0 Å². The molecule has 0 aromatic carbocycles. The molecular formula is C10H15I2N4+. The molecule has 2 heterocycles. The largest absolute Gasteiger partial charge is 0.281 e. The van der Waals surface area contributed by atoms with E-state index in [0.29, 0.717) is 6.17 Å². The van der Waals surface area contributed by atoms with Gasteiger partial charge in [-0.05, 0) is 6.42 Å². The van der Waals surface area contributed by atoms with Gasteiger partial charge in [0.25, 0.3) is 28.7 Å². The van der Waals surface area contributed by atoms with Crippen molar-refractivity contribution in [1.82, 2.24) is 12.7 Å². The molecule has 0 radical (unpaired) electrons. The zero-order valence-electron chi connectivity index (χ0n) is 9.40. The maximum absolute atomic E-state index is 4.52. The Morgan fingerprint density at radius 3 is 2.81 bits per heavy atom. The molecule has 4 nitrogen and oxygen atoms in total. The molecule has 6 heteroatoms. The second-order valence-corrected chi connectivity index (χ2v) is 6.76. The summed E-state index contributed by atoms with van der Waals surface area (Å²) in [5.74, 6) is 2.11. The molecule has 1 aliphatic rings. The molecule has 1 aliphatic heterocycles. The number of fused-ring (bicyclic) bond motifs is 1. The van der Waals surface area contributed by atoms with E-state index in [2.05, 4.69) is 72.7 Å². The highest BCUT2D eigenvalue weighted by atomic mass is 127. The standard InChI is InChI=1S/C10H15I2N4/c1-3-4-7-16(12)8(2)15(11)9-10(16)14-6-5-13-9/h5-6,8H,3-4,7H2,1-2H3/q+1. The zero-order valence-corrected chi connectivity index (χ0v) is 13.7. The minimum atomic E-state index is 0.394. The lowest BCUT2D eigenvalue weighted by molar-refractivity contribution is 0.424. The Balaban J connectivity index is 2.39. The van der Waals surface area contributed by atoms with Crippen LogP contribution in [-0.2, 0) is 0 Å². The number of quaternary nitrogens is 1. The molecule has 16 heavy (non-hydrogen) atoms. The van der Waals surface area contributed by atoms with Crippen molar-refractivity contribution in [3.8, 4) is 0 Å². The molecule has 0 aliphatic carbocycles. The van der Waals surface area contributed by atoms with E-state index in [1.807, 2.05) is 0 Å². The second kappa shape index (κ2) is 4.89. The van der Waals surface area contributed by atoms with Crippen molar-refractivity contribution in [2.75, 3.05) is 9.66 Å². The van der Waals surface area contributed by atoms with Crippen molar-refractivity contribution in [3.63, 3.8) is 0 Å². The minimum absolute atomic E-state index is 0.394. The fourth-order valence-electron chi connectivity index (χ4n) is 1.93. The fraction of sp³-hybridized carbons (Fsp3) is 0.600. The van der Waals surface area contributed by atoms with Gasteiger partial charge in [-0.1, -0.05) is 13.3 Å². The Labute approximate surface area is 124 Å². The fourth-order valence-corrected chi connectivity index (χ4v) is 4.10. The van der Waals surface area contributed by atoms with E-state index in [1.165, 1.54) is 12.8 Å². The number of unbranched alkanes of at least 4 members (excludes halogenated alkanes) is 1. The first kappa shape index (κ1) is 12.7. The Hall–Kier alpha value is 0.300. The number of anilines is 1. The van der Waals surface area contributed by atoms with E-state index in [1.54, 1.807) is 12.4 Å². The Bertz CT molecular complexity index is 387. The normalized spacial score (nSPS) is 28.2. The molecule has 0 N–H and O–H groups in total.